The standard InChI is InChI=1S/C10H20N2O3/c1-3-4-8(11)10(15)12-6-7(2)5-9(13)14/h7-8H,3-6,11H2,1-2H3,(H,12,15)(H,13,14)/t7?,8-/m1/s1. The highest BCUT2D eigenvalue weighted by atomic mass is 16.4. The lowest BCUT2D eigenvalue weighted by molar-refractivity contribution is -0.138. The molecule has 0 aromatic rings. The van der Waals surface area contributed by atoms with Crippen LogP contribution in [0.2, 0.25) is 0 Å². The van der Waals surface area contributed by atoms with Crippen LogP contribution in [0.25, 0.3) is 0 Å². The zero-order valence-corrected chi connectivity index (χ0v) is 9.32. The van der Waals surface area contributed by atoms with Crippen molar-refractivity contribution in [3.05, 3.63) is 0 Å². The molecule has 0 radical (unpaired) electrons. The number of carbonyl (C=O) groups excluding carboxylic acids is 1. The van der Waals surface area contributed by atoms with E-state index in [1.807, 2.05) is 6.92 Å². The number of nitrogens with one attached hydrogen (secondary N) is 1. The zero-order chi connectivity index (χ0) is 11.8. The van der Waals surface area contributed by atoms with Gasteiger partial charge in [0.05, 0.1) is 6.04 Å². The van der Waals surface area contributed by atoms with Gasteiger partial charge in [0, 0.05) is 13.0 Å². The van der Waals surface area contributed by atoms with E-state index in [4.69, 9.17) is 10.8 Å². The largest absolute Gasteiger partial charge is 0.481 e. The molecule has 1 amide bonds. The summed E-state index contributed by atoms with van der Waals surface area (Å²) < 4.78 is 0. The Bertz CT molecular complexity index is 219. The molecule has 15 heavy (non-hydrogen) atoms. The number of hydrogen-bond donors (Lipinski definition) is 3. The van der Waals surface area contributed by atoms with Crippen LogP contribution < -0.4 is 11.1 Å². The van der Waals surface area contributed by atoms with Crippen LogP contribution in [0.1, 0.15) is 33.1 Å². The summed E-state index contributed by atoms with van der Waals surface area (Å²) in [5.74, 6) is -1.12. The summed E-state index contributed by atoms with van der Waals surface area (Å²) in [5, 5.41) is 11.2. The van der Waals surface area contributed by atoms with E-state index in [2.05, 4.69) is 5.32 Å². The van der Waals surface area contributed by atoms with Crippen molar-refractivity contribution in [3.63, 3.8) is 0 Å². The topological polar surface area (TPSA) is 92.4 Å². The minimum absolute atomic E-state index is 0.0588. The normalized spacial score (nSPS) is 14.3. The van der Waals surface area contributed by atoms with Crippen molar-refractivity contribution in [3.8, 4) is 0 Å². The van der Waals surface area contributed by atoms with E-state index in [1.54, 1.807) is 6.92 Å². The number of rotatable bonds is 7. The van der Waals surface area contributed by atoms with Gasteiger partial charge in [0.1, 0.15) is 0 Å². The van der Waals surface area contributed by atoms with Crippen LogP contribution in [0.5, 0.6) is 0 Å². The predicted molar refractivity (Wildman–Crippen MR) is 57.3 cm³/mol. The second-order valence-corrected chi connectivity index (χ2v) is 3.84. The third kappa shape index (κ3) is 6.90. The molecule has 0 saturated heterocycles. The van der Waals surface area contributed by atoms with Gasteiger partial charge in [-0.05, 0) is 12.3 Å². The van der Waals surface area contributed by atoms with Crippen molar-refractivity contribution in [2.75, 3.05) is 6.54 Å². The Kier molecular flexibility index (Phi) is 6.70. The molecule has 0 heterocycles. The molecule has 4 N–H and O–H groups in total. The second kappa shape index (κ2) is 7.23. The Hall–Kier alpha value is -1.10. The van der Waals surface area contributed by atoms with Crippen LogP contribution in [-0.4, -0.2) is 29.6 Å². The summed E-state index contributed by atoms with van der Waals surface area (Å²) in [4.78, 5) is 21.7. The van der Waals surface area contributed by atoms with Gasteiger partial charge < -0.3 is 16.2 Å². The molecule has 0 aromatic heterocycles. The first-order valence-electron chi connectivity index (χ1n) is 5.22. The molecule has 2 atom stereocenters. The number of amides is 1. The van der Waals surface area contributed by atoms with Gasteiger partial charge in [0.2, 0.25) is 5.91 Å². The smallest absolute Gasteiger partial charge is 0.303 e. The monoisotopic (exact) mass is 216 g/mol. The third-order valence-electron chi connectivity index (χ3n) is 2.08. The van der Waals surface area contributed by atoms with E-state index in [0.29, 0.717) is 13.0 Å². The van der Waals surface area contributed by atoms with Crippen molar-refractivity contribution in [2.45, 2.75) is 39.2 Å². The summed E-state index contributed by atoms with van der Waals surface area (Å²) in [6.07, 6.45) is 1.57. The molecule has 0 aliphatic heterocycles. The maximum absolute atomic E-state index is 11.3. The van der Waals surface area contributed by atoms with Gasteiger partial charge in [-0.25, -0.2) is 0 Å². The highest BCUT2D eigenvalue weighted by Crippen LogP contribution is 2.00. The summed E-state index contributed by atoms with van der Waals surface area (Å²) in [6.45, 7) is 4.10. The zero-order valence-electron chi connectivity index (χ0n) is 9.32. The average Bonchev–Trinajstić information content (AvgIpc) is 2.13. The molecule has 0 rings (SSSR count). The Morgan fingerprint density at radius 3 is 2.53 bits per heavy atom. The third-order valence-corrected chi connectivity index (χ3v) is 2.08. The van der Waals surface area contributed by atoms with Crippen LogP contribution in [0.4, 0.5) is 0 Å². The fraction of sp³-hybridized carbons (Fsp3) is 0.800. The Labute approximate surface area is 90.0 Å². The highest BCUT2D eigenvalue weighted by Gasteiger charge is 2.14. The predicted octanol–water partition coefficient (Wildman–Crippen LogP) is 0.341. The minimum atomic E-state index is -0.852. The molecule has 0 aromatic carbocycles. The van der Waals surface area contributed by atoms with Crippen molar-refractivity contribution >= 4 is 11.9 Å². The molecule has 0 saturated carbocycles. The van der Waals surface area contributed by atoms with E-state index in [9.17, 15) is 9.59 Å². The molecule has 88 valence electrons. The lowest BCUT2D eigenvalue weighted by Gasteiger charge is -2.13. The molecule has 5 heteroatoms. The SMILES string of the molecule is CCC[C@@H](N)C(=O)NCC(C)CC(=O)O. The molecular weight excluding hydrogens is 196 g/mol. The summed E-state index contributed by atoms with van der Waals surface area (Å²) in [6, 6.07) is -0.480. The number of carboxylic acids is 1. The van der Waals surface area contributed by atoms with Crippen LogP contribution in [0.15, 0.2) is 0 Å². The van der Waals surface area contributed by atoms with Gasteiger partial charge in [-0.1, -0.05) is 20.3 Å². The number of aliphatic carboxylic acids is 1. The van der Waals surface area contributed by atoms with Crippen molar-refractivity contribution in [1.82, 2.24) is 5.32 Å². The Morgan fingerprint density at radius 1 is 1.47 bits per heavy atom. The molecule has 5 nitrogen and oxygen atoms in total. The van der Waals surface area contributed by atoms with Crippen LogP contribution in [-0.2, 0) is 9.59 Å². The summed E-state index contributed by atoms with van der Waals surface area (Å²) in [7, 11) is 0. The van der Waals surface area contributed by atoms with Gasteiger partial charge in [0.25, 0.3) is 0 Å². The van der Waals surface area contributed by atoms with E-state index >= 15 is 0 Å². The maximum atomic E-state index is 11.3. The van der Waals surface area contributed by atoms with Crippen LogP contribution in [0.3, 0.4) is 0 Å². The average molecular weight is 216 g/mol. The van der Waals surface area contributed by atoms with Gasteiger partial charge in [-0.2, -0.15) is 0 Å². The summed E-state index contributed by atoms with van der Waals surface area (Å²) >= 11 is 0. The first-order valence-corrected chi connectivity index (χ1v) is 5.22. The molecule has 1 unspecified atom stereocenters. The first kappa shape index (κ1) is 13.9. The van der Waals surface area contributed by atoms with Crippen molar-refractivity contribution in [1.29, 1.82) is 0 Å². The van der Waals surface area contributed by atoms with Crippen molar-refractivity contribution in [2.24, 2.45) is 11.7 Å². The molecule has 0 aliphatic rings. The Morgan fingerprint density at radius 2 is 2.07 bits per heavy atom. The number of hydrogen-bond acceptors (Lipinski definition) is 3. The summed E-state index contributed by atoms with van der Waals surface area (Å²) in [5.41, 5.74) is 5.59. The van der Waals surface area contributed by atoms with Gasteiger partial charge >= 0.3 is 5.97 Å². The molecule has 0 aliphatic carbocycles. The minimum Gasteiger partial charge on any atom is -0.481 e. The lowest BCUT2D eigenvalue weighted by atomic mass is 10.1. The fourth-order valence-corrected chi connectivity index (χ4v) is 1.22. The van der Waals surface area contributed by atoms with Crippen LogP contribution >= 0.6 is 0 Å². The number of nitrogens with two attached hydrogens (primary N) is 1. The molecule has 0 bridgehead atoms. The van der Waals surface area contributed by atoms with E-state index < -0.39 is 12.0 Å². The number of carbonyl (C=O) groups is 2. The van der Waals surface area contributed by atoms with Gasteiger partial charge in [-0.3, -0.25) is 9.59 Å². The molecule has 0 fully saturated rings. The van der Waals surface area contributed by atoms with Crippen LogP contribution in [0, 0.1) is 5.92 Å². The fourth-order valence-electron chi connectivity index (χ4n) is 1.22. The molecule has 0 spiro atoms. The van der Waals surface area contributed by atoms with E-state index in [0.717, 1.165) is 6.42 Å². The quantitative estimate of drug-likeness (QED) is 0.572. The van der Waals surface area contributed by atoms with E-state index in [-0.39, 0.29) is 18.2 Å². The van der Waals surface area contributed by atoms with Gasteiger partial charge in [-0.15, -0.1) is 0 Å². The van der Waals surface area contributed by atoms with Crippen molar-refractivity contribution < 1.29 is 14.7 Å². The lowest BCUT2D eigenvalue weighted by Crippen LogP contribution is -2.42. The maximum Gasteiger partial charge on any atom is 0.303 e. The molecular formula is C10H20N2O3. The Balaban J connectivity index is 3.74. The van der Waals surface area contributed by atoms with E-state index in [1.165, 1.54) is 0 Å². The highest BCUT2D eigenvalue weighted by molar-refractivity contribution is 5.81. The van der Waals surface area contributed by atoms with Gasteiger partial charge in [0.15, 0.2) is 0 Å². The first-order chi connectivity index (χ1) is 6.97. The second-order valence-electron chi connectivity index (χ2n) is 3.84. The number of carboxylic acid groups (broad SMARTS) is 1.